The Bertz CT molecular complexity index is 727. The molecule has 2 N–H and O–H groups in total. The number of ether oxygens (including phenoxy) is 1. The van der Waals surface area contributed by atoms with Crippen molar-refractivity contribution >= 4 is 17.3 Å². The highest BCUT2D eigenvalue weighted by Crippen LogP contribution is 2.22. The van der Waals surface area contributed by atoms with Gasteiger partial charge in [-0.05, 0) is 26.8 Å². The van der Waals surface area contributed by atoms with E-state index in [4.69, 9.17) is 0 Å². The Balaban J connectivity index is 1.97. The summed E-state index contributed by atoms with van der Waals surface area (Å²) in [6, 6.07) is 5.10. The molecule has 0 atom stereocenters. The lowest BCUT2D eigenvalue weighted by Crippen LogP contribution is -2.36. The quantitative estimate of drug-likeness (QED) is 0.605. The average Bonchev–Trinajstić information content (AvgIpc) is 2.88. The fourth-order valence-electron chi connectivity index (χ4n) is 2.23. The third-order valence-electron chi connectivity index (χ3n) is 3.58. The van der Waals surface area contributed by atoms with Crippen molar-refractivity contribution in [2.45, 2.75) is 40.5 Å². The summed E-state index contributed by atoms with van der Waals surface area (Å²) in [4.78, 5) is 9.79. The molecule has 0 aliphatic rings. The zero-order valence-electron chi connectivity index (χ0n) is 14.7. The van der Waals surface area contributed by atoms with Crippen molar-refractivity contribution in [3.63, 3.8) is 0 Å². The van der Waals surface area contributed by atoms with Gasteiger partial charge in [0.1, 0.15) is 10.8 Å². The second-order valence-corrected chi connectivity index (χ2v) is 6.81. The van der Waals surface area contributed by atoms with Crippen molar-refractivity contribution in [3.05, 3.63) is 44.9 Å². The number of benzene rings is 1. The number of nitrogens with zero attached hydrogens (tertiary/aromatic N) is 2. The minimum absolute atomic E-state index is 0.162. The molecule has 1 aromatic carbocycles. The lowest BCUT2D eigenvalue weighted by molar-refractivity contribution is -0.0504. The Morgan fingerprint density at radius 1 is 1.24 bits per heavy atom. The predicted molar refractivity (Wildman–Crippen MR) is 96.4 cm³/mol. The van der Waals surface area contributed by atoms with Gasteiger partial charge in [-0.15, -0.1) is 11.3 Å². The molecule has 8 heteroatoms. The predicted octanol–water partition coefficient (Wildman–Crippen LogP) is 3.53. The number of aliphatic imine (C=N–C) groups is 1. The molecule has 0 aliphatic heterocycles. The number of halogens is 2. The van der Waals surface area contributed by atoms with Gasteiger partial charge in [-0.1, -0.05) is 17.7 Å². The monoisotopic (exact) mass is 368 g/mol. The van der Waals surface area contributed by atoms with Crippen LogP contribution in [0.1, 0.15) is 26.7 Å². The van der Waals surface area contributed by atoms with Crippen molar-refractivity contribution < 1.29 is 13.5 Å². The fraction of sp³-hybridized carbons (Fsp3) is 0.412. The van der Waals surface area contributed by atoms with Crippen LogP contribution >= 0.6 is 11.3 Å². The molecule has 0 unspecified atom stereocenters. The minimum atomic E-state index is -2.85. The third-order valence-corrected chi connectivity index (χ3v) is 4.65. The van der Waals surface area contributed by atoms with Crippen LogP contribution < -0.4 is 15.4 Å². The number of nitrogens with one attached hydrogen (secondary N) is 2. The summed E-state index contributed by atoms with van der Waals surface area (Å²) in [6.07, 6.45) is 0. The van der Waals surface area contributed by atoms with E-state index in [9.17, 15) is 8.78 Å². The highest BCUT2D eigenvalue weighted by molar-refractivity contribution is 7.11. The molecule has 1 heterocycles. The molecule has 0 amide bonds. The van der Waals surface area contributed by atoms with Crippen LogP contribution in [-0.2, 0) is 13.1 Å². The molecular weight excluding hydrogens is 346 g/mol. The summed E-state index contributed by atoms with van der Waals surface area (Å²) >= 11 is 1.63. The molecule has 5 nitrogen and oxygen atoms in total. The second-order valence-electron chi connectivity index (χ2n) is 5.52. The van der Waals surface area contributed by atoms with Gasteiger partial charge < -0.3 is 15.4 Å². The molecule has 2 rings (SSSR count). The Kier molecular flexibility index (Phi) is 6.69. The topological polar surface area (TPSA) is 58.5 Å². The number of hydrogen-bond acceptors (Lipinski definition) is 4. The standard InChI is InChI=1S/C17H22F2N4OS/c1-10-5-6-14(24-16(18)19)13(7-10)8-21-17(20-4)22-9-15-23-11(2)12(3)25-15/h5-7,16H,8-9H2,1-4H3,(H2,20,21,22). The van der Waals surface area contributed by atoms with E-state index >= 15 is 0 Å². The zero-order chi connectivity index (χ0) is 18.4. The molecule has 2 aromatic rings. The van der Waals surface area contributed by atoms with Crippen LogP contribution in [0.3, 0.4) is 0 Å². The molecule has 25 heavy (non-hydrogen) atoms. The molecule has 0 bridgehead atoms. The summed E-state index contributed by atoms with van der Waals surface area (Å²) in [5, 5.41) is 7.25. The Morgan fingerprint density at radius 3 is 2.56 bits per heavy atom. The molecule has 1 aromatic heterocycles. The summed E-state index contributed by atoms with van der Waals surface area (Å²) in [7, 11) is 1.65. The third kappa shape index (κ3) is 5.67. The first kappa shape index (κ1) is 19.1. The maximum atomic E-state index is 12.5. The summed E-state index contributed by atoms with van der Waals surface area (Å²) in [5.41, 5.74) is 2.64. The normalized spacial score (nSPS) is 11.7. The number of alkyl halides is 2. The molecular formula is C17H22F2N4OS. The van der Waals surface area contributed by atoms with Crippen LogP contribution in [0.15, 0.2) is 23.2 Å². The number of aromatic nitrogens is 1. The number of aryl methyl sites for hydroxylation is 3. The Hall–Kier alpha value is -2.22. The van der Waals surface area contributed by atoms with Gasteiger partial charge in [0.25, 0.3) is 0 Å². The largest absolute Gasteiger partial charge is 0.434 e. The Labute approximate surface area is 150 Å². The lowest BCUT2D eigenvalue weighted by Gasteiger charge is -2.14. The van der Waals surface area contributed by atoms with Crippen LogP contribution in [0.5, 0.6) is 5.75 Å². The van der Waals surface area contributed by atoms with Gasteiger partial charge >= 0.3 is 6.61 Å². The highest BCUT2D eigenvalue weighted by atomic mass is 32.1. The van der Waals surface area contributed by atoms with Gasteiger partial charge in [0.15, 0.2) is 5.96 Å². The molecule has 136 valence electrons. The number of thiazole rings is 1. The van der Waals surface area contributed by atoms with Crippen LogP contribution in [0, 0.1) is 20.8 Å². The van der Waals surface area contributed by atoms with E-state index in [1.165, 1.54) is 4.88 Å². The molecule has 0 saturated carbocycles. The van der Waals surface area contributed by atoms with Crippen LogP contribution in [0.4, 0.5) is 8.78 Å². The number of hydrogen-bond donors (Lipinski definition) is 2. The number of rotatable bonds is 6. The van der Waals surface area contributed by atoms with Crippen LogP contribution in [0.25, 0.3) is 0 Å². The van der Waals surface area contributed by atoms with Crippen LogP contribution in [-0.4, -0.2) is 24.6 Å². The van der Waals surface area contributed by atoms with Crippen LogP contribution in [0.2, 0.25) is 0 Å². The van der Waals surface area contributed by atoms with Gasteiger partial charge in [-0.25, -0.2) is 4.98 Å². The molecule has 0 fully saturated rings. The molecule has 0 spiro atoms. The van der Waals surface area contributed by atoms with E-state index in [1.54, 1.807) is 30.5 Å². The first-order valence-electron chi connectivity index (χ1n) is 7.80. The zero-order valence-corrected chi connectivity index (χ0v) is 15.5. The van der Waals surface area contributed by atoms with Crippen molar-refractivity contribution in [1.29, 1.82) is 0 Å². The van der Waals surface area contributed by atoms with Crippen molar-refractivity contribution in [3.8, 4) is 5.75 Å². The van der Waals surface area contributed by atoms with Gasteiger partial charge in [0.05, 0.1) is 12.2 Å². The van der Waals surface area contributed by atoms with E-state index < -0.39 is 6.61 Å². The average molecular weight is 368 g/mol. The van der Waals surface area contributed by atoms with E-state index in [0.717, 1.165) is 16.3 Å². The van der Waals surface area contributed by atoms with Crippen molar-refractivity contribution in [2.24, 2.45) is 4.99 Å². The SMILES string of the molecule is CN=C(NCc1nc(C)c(C)s1)NCc1cc(C)ccc1OC(F)F. The van der Waals surface area contributed by atoms with Crippen molar-refractivity contribution in [1.82, 2.24) is 15.6 Å². The van der Waals surface area contributed by atoms with E-state index in [1.807, 2.05) is 26.8 Å². The van der Waals surface area contributed by atoms with E-state index in [2.05, 4.69) is 25.3 Å². The maximum Gasteiger partial charge on any atom is 0.387 e. The highest BCUT2D eigenvalue weighted by Gasteiger charge is 2.11. The smallest absolute Gasteiger partial charge is 0.387 e. The Morgan fingerprint density at radius 2 is 1.96 bits per heavy atom. The second kappa shape index (κ2) is 8.75. The van der Waals surface area contributed by atoms with E-state index in [0.29, 0.717) is 24.6 Å². The van der Waals surface area contributed by atoms with Gasteiger partial charge in [0, 0.05) is 24.0 Å². The number of guanidine groups is 1. The summed E-state index contributed by atoms with van der Waals surface area (Å²) in [6.45, 7) is 3.93. The van der Waals surface area contributed by atoms with Gasteiger partial charge in [0.2, 0.25) is 0 Å². The molecule has 0 saturated heterocycles. The van der Waals surface area contributed by atoms with Crippen molar-refractivity contribution in [2.75, 3.05) is 7.05 Å². The first-order valence-corrected chi connectivity index (χ1v) is 8.62. The molecule has 0 radical (unpaired) electrons. The first-order chi connectivity index (χ1) is 11.9. The van der Waals surface area contributed by atoms with Gasteiger partial charge in [-0.2, -0.15) is 8.78 Å². The van der Waals surface area contributed by atoms with Gasteiger partial charge in [-0.3, -0.25) is 4.99 Å². The fourth-order valence-corrected chi connectivity index (χ4v) is 3.10. The maximum absolute atomic E-state index is 12.5. The van der Waals surface area contributed by atoms with E-state index in [-0.39, 0.29) is 5.75 Å². The minimum Gasteiger partial charge on any atom is -0.434 e. The summed E-state index contributed by atoms with van der Waals surface area (Å²) < 4.78 is 29.6. The molecule has 0 aliphatic carbocycles. The lowest BCUT2D eigenvalue weighted by atomic mass is 10.1. The summed E-state index contributed by atoms with van der Waals surface area (Å²) in [5.74, 6) is 0.727.